The normalized spacial score (nSPS) is 14.9. The molecule has 0 atom stereocenters. The summed E-state index contributed by atoms with van der Waals surface area (Å²) in [5.41, 5.74) is 0.413. The summed E-state index contributed by atoms with van der Waals surface area (Å²) in [5, 5.41) is 8.78. The summed E-state index contributed by atoms with van der Waals surface area (Å²) in [7, 11) is 0. The second kappa shape index (κ2) is 3.62. The first-order valence-corrected chi connectivity index (χ1v) is 4.66. The fourth-order valence-corrected chi connectivity index (χ4v) is 1.12. The van der Waals surface area contributed by atoms with Gasteiger partial charge in [0.2, 0.25) is 5.88 Å². The third kappa shape index (κ3) is 1.99. The van der Waals surface area contributed by atoms with E-state index in [0.29, 0.717) is 29.8 Å². The van der Waals surface area contributed by atoms with Crippen molar-refractivity contribution in [1.29, 1.82) is 5.26 Å². The lowest BCUT2D eigenvalue weighted by molar-refractivity contribution is 0.286. The molecule has 4 nitrogen and oxygen atoms in total. The van der Waals surface area contributed by atoms with Gasteiger partial charge < -0.3 is 4.74 Å². The van der Waals surface area contributed by atoms with Gasteiger partial charge in [0.1, 0.15) is 17.5 Å². The molecule has 0 radical (unpaired) electrons. The van der Waals surface area contributed by atoms with Crippen LogP contribution >= 0.6 is 0 Å². The van der Waals surface area contributed by atoms with Crippen LogP contribution in [0.4, 0.5) is 0 Å². The molecule has 0 spiro atoms. The fourth-order valence-electron chi connectivity index (χ4n) is 1.12. The van der Waals surface area contributed by atoms with E-state index in [-0.39, 0.29) is 0 Å². The maximum absolute atomic E-state index is 8.78. The van der Waals surface area contributed by atoms with E-state index in [4.69, 9.17) is 10.00 Å². The molecule has 1 saturated carbocycles. The lowest BCUT2D eigenvalue weighted by atomic mass is 10.3. The van der Waals surface area contributed by atoms with Gasteiger partial charge in [-0.25, -0.2) is 4.98 Å². The highest BCUT2D eigenvalue weighted by molar-refractivity contribution is 5.35. The number of hydrogen-bond acceptors (Lipinski definition) is 4. The second-order valence-electron chi connectivity index (χ2n) is 3.50. The molecule has 1 fully saturated rings. The molecule has 1 aromatic rings. The van der Waals surface area contributed by atoms with Crippen molar-refractivity contribution in [3.63, 3.8) is 0 Å². The van der Waals surface area contributed by atoms with E-state index in [9.17, 15) is 0 Å². The Morgan fingerprint density at radius 3 is 3.07 bits per heavy atom. The van der Waals surface area contributed by atoms with Gasteiger partial charge >= 0.3 is 0 Å². The van der Waals surface area contributed by atoms with Crippen LogP contribution in [0.15, 0.2) is 6.20 Å². The van der Waals surface area contributed by atoms with Gasteiger partial charge in [0.05, 0.1) is 12.8 Å². The van der Waals surface area contributed by atoms with E-state index in [1.165, 1.54) is 19.0 Å². The minimum Gasteiger partial charge on any atom is -0.476 e. The van der Waals surface area contributed by atoms with Crippen LogP contribution in [0.2, 0.25) is 0 Å². The molecule has 0 saturated heterocycles. The molecule has 1 aromatic heterocycles. The minimum atomic E-state index is 0.413. The van der Waals surface area contributed by atoms with E-state index < -0.39 is 0 Å². The van der Waals surface area contributed by atoms with Crippen LogP contribution in [0.3, 0.4) is 0 Å². The number of aromatic nitrogens is 2. The van der Waals surface area contributed by atoms with Gasteiger partial charge in [-0.3, -0.25) is 0 Å². The maximum atomic E-state index is 8.78. The van der Waals surface area contributed by atoms with Gasteiger partial charge in [-0.15, -0.1) is 0 Å². The number of ether oxygens (including phenoxy) is 1. The number of rotatable bonds is 3. The standard InChI is InChI=1S/C10H11N3O/c1-7-12-5-9(4-11)10(13-7)14-6-8-2-3-8/h5,8H,2-3,6H2,1H3. The van der Waals surface area contributed by atoms with Crippen LogP contribution in [-0.4, -0.2) is 16.6 Å². The van der Waals surface area contributed by atoms with Gasteiger partial charge in [0, 0.05) is 0 Å². The Hall–Kier alpha value is -1.63. The van der Waals surface area contributed by atoms with Crippen LogP contribution < -0.4 is 4.74 Å². The molecule has 14 heavy (non-hydrogen) atoms. The second-order valence-corrected chi connectivity index (χ2v) is 3.50. The predicted octanol–water partition coefficient (Wildman–Crippen LogP) is 1.45. The molecule has 0 amide bonds. The zero-order valence-corrected chi connectivity index (χ0v) is 8.03. The largest absolute Gasteiger partial charge is 0.476 e. The highest BCUT2D eigenvalue weighted by atomic mass is 16.5. The summed E-state index contributed by atoms with van der Waals surface area (Å²) in [6.45, 7) is 2.45. The molecule has 72 valence electrons. The SMILES string of the molecule is Cc1ncc(C#N)c(OCC2CC2)n1. The van der Waals surface area contributed by atoms with Crippen molar-refractivity contribution in [1.82, 2.24) is 9.97 Å². The van der Waals surface area contributed by atoms with Gasteiger partial charge in [-0.1, -0.05) is 0 Å². The first-order valence-electron chi connectivity index (χ1n) is 4.66. The summed E-state index contributed by atoms with van der Waals surface area (Å²) in [6, 6.07) is 2.02. The van der Waals surface area contributed by atoms with Crippen LogP contribution in [0.25, 0.3) is 0 Å². The molecule has 2 rings (SSSR count). The van der Waals surface area contributed by atoms with Crippen molar-refractivity contribution in [3.8, 4) is 11.9 Å². The topological polar surface area (TPSA) is 58.8 Å². The van der Waals surface area contributed by atoms with E-state index in [1.54, 1.807) is 6.92 Å². The fraction of sp³-hybridized carbons (Fsp3) is 0.500. The Morgan fingerprint density at radius 1 is 1.64 bits per heavy atom. The average Bonchev–Trinajstić information content (AvgIpc) is 2.98. The Morgan fingerprint density at radius 2 is 2.43 bits per heavy atom. The third-order valence-corrected chi connectivity index (χ3v) is 2.15. The van der Waals surface area contributed by atoms with Crippen molar-refractivity contribution in [3.05, 3.63) is 17.6 Å². The Balaban J connectivity index is 2.12. The van der Waals surface area contributed by atoms with Gasteiger partial charge in [-0.05, 0) is 25.7 Å². The molecule has 0 aliphatic heterocycles. The lowest BCUT2D eigenvalue weighted by Gasteiger charge is -2.05. The quantitative estimate of drug-likeness (QED) is 0.722. The summed E-state index contributed by atoms with van der Waals surface area (Å²) >= 11 is 0. The molecule has 4 heteroatoms. The van der Waals surface area contributed by atoms with Crippen molar-refractivity contribution >= 4 is 0 Å². The van der Waals surface area contributed by atoms with Crippen LogP contribution in [0.5, 0.6) is 5.88 Å². The van der Waals surface area contributed by atoms with Crippen LogP contribution in [0.1, 0.15) is 24.2 Å². The molecule has 0 unspecified atom stereocenters. The summed E-state index contributed by atoms with van der Waals surface area (Å²) in [6.07, 6.45) is 3.96. The summed E-state index contributed by atoms with van der Waals surface area (Å²) in [5.74, 6) is 1.72. The molecule has 1 aliphatic rings. The highest BCUT2D eigenvalue weighted by Gasteiger charge is 2.22. The summed E-state index contributed by atoms with van der Waals surface area (Å²) < 4.78 is 5.46. The highest BCUT2D eigenvalue weighted by Crippen LogP contribution is 2.29. The summed E-state index contributed by atoms with van der Waals surface area (Å²) in [4.78, 5) is 8.03. The lowest BCUT2D eigenvalue weighted by Crippen LogP contribution is -2.04. The maximum Gasteiger partial charge on any atom is 0.235 e. The number of nitrogens with zero attached hydrogens (tertiary/aromatic N) is 3. The number of nitriles is 1. The molecular formula is C10H11N3O. The number of aryl methyl sites for hydroxylation is 1. The van der Waals surface area contributed by atoms with Crippen molar-refractivity contribution in [2.24, 2.45) is 5.92 Å². The van der Waals surface area contributed by atoms with E-state index >= 15 is 0 Å². The van der Waals surface area contributed by atoms with E-state index in [2.05, 4.69) is 9.97 Å². The Bertz CT molecular complexity index is 379. The minimum absolute atomic E-state index is 0.413. The van der Waals surface area contributed by atoms with Crippen LogP contribution in [-0.2, 0) is 0 Å². The van der Waals surface area contributed by atoms with Gasteiger partial charge in [-0.2, -0.15) is 10.2 Å². The molecular weight excluding hydrogens is 178 g/mol. The Kier molecular flexibility index (Phi) is 2.32. The van der Waals surface area contributed by atoms with Crippen molar-refractivity contribution in [2.45, 2.75) is 19.8 Å². The number of hydrogen-bond donors (Lipinski definition) is 0. The van der Waals surface area contributed by atoms with Gasteiger partial charge in [0.15, 0.2) is 0 Å². The zero-order valence-electron chi connectivity index (χ0n) is 8.03. The predicted molar refractivity (Wildman–Crippen MR) is 49.7 cm³/mol. The smallest absolute Gasteiger partial charge is 0.235 e. The molecule has 1 heterocycles. The molecule has 0 aromatic carbocycles. The Labute approximate surface area is 82.6 Å². The average molecular weight is 189 g/mol. The zero-order chi connectivity index (χ0) is 9.97. The van der Waals surface area contributed by atoms with E-state index in [1.807, 2.05) is 6.07 Å². The van der Waals surface area contributed by atoms with Crippen LogP contribution in [0, 0.1) is 24.2 Å². The van der Waals surface area contributed by atoms with Crippen molar-refractivity contribution in [2.75, 3.05) is 6.61 Å². The molecule has 0 N–H and O–H groups in total. The van der Waals surface area contributed by atoms with Gasteiger partial charge in [0.25, 0.3) is 0 Å². The monoisotopic (exact) mass is 189 g/mol. The van der Waals surface area contributed by atoms with Crippen molar-refractivity contribution < 1.29 is 4.74 Å². The first kappa shape index (κ1) is 8.95. The molecule has 1 aliphatic carbocycles. The van der Waals surface area contributed by atoms with E-state index in [0.717, 1.165) is 0 Å². The third-order valence-electron chi connectivity index (χ3n) is 2.15. The molecule has 0 bridgehead atoms. The first-order chi connectivity index (χ1) is 6.79.